The zero-order valence-electron chi connectivity index (χ0n) is 17.1. The van der Waals surface area contributed by atoms with E-state index < -0.39 is 41.0 Å². The van der Waals surface area contributed by atoms with Gasteiger partial charge >= 0.3 is 12.1 Å². The monoisotopic (exact) mass is 490 g/mol. The van der Waals surface area contributed by atoms with Crippen molar-refractivity contribution < 1.29 is 27.5 Å². The third-order valence-corrected chi connectivity index (χ3v) is 5.15. The molecular weight excluding hydrogens is 476 g/mol. The van der Waals surface area contributed by atoms with Crippen LogP contribution in [0.1, 0.15) is 16.1 Å². The summed E-state index contributed by atoms with van der Waals surface area (Å²) in [4.78, 5) is 20.6. The molecule has 2 aliphatic heterocycles. The Balaban J connectivity index is 1.83. The van der Waals surface area contributed by atoms with Gasteiger partial charge in [0.05, 0.1) is 11.4 Å². The number of anilines is 1. The van der Waals surface area contributed by atoms with Crippen LogP contribution in [0.4, 0.5) is 23.2 Å². The molecule has 2 aromatic rings. The fraction of sp³-hybridized carbons (Fsp3) is 0.0870. The minimum atomic E-state index is -4.97. The van der Waals surface area contributed by atoms with Gasteiger partial charge in [0.25, 0.3) is 0 Å². The molecule has 0 bridgehead atoms. The number of pyridine rings is 1. The standard InChI is InChI=1S/C23H15ClF4N4O2/c1-12-9-17(13-5-3-2-4-6-13)30-21-15(10-14(25)11-32(12)21)20(23(26,27)28)29-16-7-8-18(24)31-19(16)22(33)34/h2-11,20,29H,1H2,(H,33,34)/t20-/m0/s1. The van der Waals surface area contributed by atoms with E-state index in [-0.39, 0.29) is 16.7 Å². The fourth-order valence-electron chi connectivity index (χ4n) is 3.46. The zero-order chi connectivity index (χ0) is 24.6. The summed E-state index contributed by atoms with van der Waals surface area (Å²) in [7, 11) is 0. The normalized spacial score (nSPS) is 16.6. The number of carboxylic acid groups (broad SMARTS) is 1. The number of alkyl halides is 3. The first-order chi connectivity index (χ1) is 16.0. The Morgan fingerprint density at radius 3 is 2.50 bits per heavy atom. The first-order valence-corrected chi connectivity index (χ1v) is 10.1. The van der Waals surface area contributed by atoms with Crippen LogP contribution in [-0.4, -0.2) is 39.0 Å². The van der Waals surface area contributed by atoms with Crippen molar-refractivity contribution in [2.45, 2.75) is 12.2 Å². The number of aromatic nitrogens is 1. The summed E-state index contributed by atoms with van der Waals surface area (Å²) in [5, 5.41) is 11.3. The number of hydrogen-bond acceptors (Lipinski definition) is 5. The van der Waals surface area contributed by atoms with Gasteiger partial charge < -0.3 is 10.4 Å². The zero-order valence-corrected chi connectivity index (χ0v) is 17.9. The van der Waals surface area contributed by atoms with Crippen molar-refractivity contribution in [1.29, 1.82) is 0 Å². The summed E-state index contributed by atoms with van der Waals surface area (Å²) in [6, 6.07) is 8.36. The number of hydrogen-bond donors (Lipinski definition) is 2. The largest absolute Gasteiger partial charge is 0.476 e. The van der Waals surface area contributed by atoms with E-state index in [2.05, 4.69) is 21.9 Å². The second kappa shape index (κ2) is 8.79. The number of fused-ring (bicyclic) bond motifs is 1. The Kier molecular flexibility index (Phi) is 6.01. The molecule has 2 aliphatic rings. The Bertz CT molecular complexity index is 1300. The van der Waals surface area contributed by atoms with Crippen LogP contribution in [0.15, 0.2) is 89.5 Å². The summed E-state index contributed by atoms with van der Waals surface area (Å²) in [5.41, 5.74) is -0.580. The van der Waals surface area contributed by atoms with Crippen LogP contribution in [0.2, 0.25) is 5.15 Å². The van der Waals surface area contributed by atoms with Crippen LogP contribution in [0.25, 0.3) is 5.70 Å². The average Bonchev–Trinajstić information content (AvgIpc) is 2.78. The molecule has 1 atom stereocenters. The van der Waals surface area contributed by atoms with Crippen LogP contribution in [0.5, 0.6) is 0 Å². The van der Waals surface area contributed by atoms with Crippen molar-refractivity contribution in [3.05, 3.63) is 101 Å². The summed E-state index contributed by atoms with van der Waals surface area (Å²) in [6.07, 6.45) is -1.77. The Hall–Kier alpha value is -3.92. The fourth-order valence-corrected chi connectivity index (χ4v) is 3.61. The SMILES string of the molecule is C=C1C=C(c2ccccc2)N=C2C([C@H](Nc3ccc(Cl)nc3C(=O)O)C(F)(F)F)=CC(F)=CN12. The summed E-state index contributed by atoms with van der Waals surface area (Å²) in [5.74, 6) is -2.76. The number of carboxylic acids is 1. The molecule has 0 fully saturated rings. The predicted octanol–water partition coefficient (Wildman–Crippen LogP) is 5.80. The molecule has 0 saturated heterocycles. The van der Waals surface area contributed by atoms with E-state index in [9.17, 15) is 27.5 Å². The van der Waals surface area contributed by atoms with E-state index in [0.717, 1.165) is 23.2 Å². The number of carbonyl (C=O) groups is 1. The van der Waals surface area contributed by atoms with Gasteiger partial charge in [-0.05, 0) is 24.3 Å². The predicted molar refractivity (Wildman–Crippen MR) is 120 cm³/mol. The Morgan fingerprint density at radius 2 is 1.85 bits per heavy atom. The molecule has 2 N–H and O–H groups in total. The number of benzene rings is 1. The van der Waals surface area contributed by atoms with Crippen molar-refractivity contribution in [3.8, 4) is 0 Å². The summed E-state index contributed by atoms with van der Waals surface area (Å²) in [6.45, 7) is 3.82. The van der Waals surface area contributed by atoms with Crippen LogP contribution in [0.3, 0.4) is 0 Å². The van der Waals surface area contributed by atoms with Gasteiger partial charge in [-0.2, -0.15) is 13.2 Å². The van der Waals surface area contributed by atoms with Gasteiger partial charge in [-0.3, -0.25) is 4.90 Å². The number of allylic oxidation sites excluding steroid dienone is 3. The van der Waals surface area contributed by atoms with E-state index in [0.29, 0.717) is 17.3 Å². The first kappa shape index (κ1) is 23.2. The van der Waals surface area contributed by atoms with E-state index in [4.69, 9.17) is 11.6 Å². The Labute approximate surface area is 195 Å². The maximum Gasteiger partial charge on any atom is 0.412 e. The lowest BCUT2D eigenvalue weighted by atomic mass is 9.98. The highest BCUT2D eigenvalue weighted by molar-refractivity contribution is 6.29. The quantitative estimate of drug-likeness (QED) is 0.409. The molecule has 0 unspecified atom stereocenters. The van der Waals surface area contributed by atoms with Gasteiger partial charge in [0.1, 0.15) is 16.8 Å². The van der Waals surface area contributed by atoms with E-state index in [1.54, 1.807) is 30.3 Å². The molecule has 0 radical (unpaired) electrons. The molecular formula is C23H15ClF4N4O2. The minimum absolute atomic E-state index is 0.199. The van der Waals surface area contributed by atoms with E-state index in [1.165, 1.54) is 6.08 Å². The van der Waals surface area contributed by atoms with Crippen molar-refractivity contribution in [2.24, 2.45) is 4.99 Å². The number of halogens is 5. The number of rotatable bonds is 5. The average molecular weight is 491 g/mol. The second-order valence-corrected chi connectivity index (χ2v) is 7.65. The summed E-state index contributed by atoms with van der Waals surface area (Å²) < 4.78 is 57.2. The lowest BCUT2D eigenvalue weighted by Crippen LogP contribution is -2.45. The molecule has 11 heteroatoms. The van der Waals surface area contributed by atoms with Crippen LogP contribution in [0, 0.1) is 0 Å². The molecule has 4 rings (SSSR count). The van der Waals surface area contributed by atoms with Gasteiger partial charge in [-0.1, -0.05) is 48.5 Å². The van der Waals surface area contributed by atoms with Gasteiger partial charge in [0, 0.05) is 23.0 Å². The molecule has 0 spiro atoms. The van der Waals surface area contributed by atoms with Crippen LogP contribution in [-0.2, 0) is 0 Å². The third kappa shape index (κ3) is 4.58. The summed E-state index contributed by atoms with van der Waals surface area (Å²) >= 11 is 5.70. The lowest BCUT2D eigenvalue weighted by Gasteiger charge is -2.35. The molecule has 0 saturated carbocycles. The van der Waals surface area contributed by atoms with E-state index in [1.807, 2.05) is 0 Å². The highest BCUT2D eigenvalue weighted by Gasteiger charge is 2.46. The van der Waals surface area contributed by atoms with Crippen molar-refractivity contribution in [2.75, 3.05) is 5.32 Å². The number of amidine groups is 1. The molecule has 174 valence electrons. The third-order valence-electron chi connectivity index (χ3n) is 4.94. The molecule has 1 aromatic heterocycles. The van der Waals surface area contributed by atoms with E-state index >= 15 is 0 Å². The Morgan fingerprint density at radius 1 is 1.15 bits per heavy atom. The number of nitrogens with one attached hydrogen (secondary N) is 1. The van der Waals surface area contributed by atoms with Gasteiger partial charge in [0.2, 0.25) is 0 Å². The highest BCUT2D eigenvalue weighted by atomic mass is 35.5. The molecule has 6 nitrogen and oxygen atoms in total. The molecule has 1 aromatic carbocycles. The van der Waals surface area contributed by atoms with Crippen molar-refractivity contribution >= 4 is 34.8 Å². The van der Waals surface area contributed by atoms with Crippen molar-refractivity contribution in [3.63, 3.8) is 0 Å². The first-order valence-electron chi connectivity index (χ1n) is 9.71. The van der Waals surface area contributed by atoms with Gasteiger partial charge in [-0.15, -0.1) is 0 Å². The smallest absolute Gasteiger partial charge is 0.412 e. The highest BCUT2D eigenvalue weighted by Crippen LogP contribution is 2.37. The van der Waals surface area contributed by atoms with Crippen LogP contribution >= 0.6 is 11.6 Å². The number of aromatic carboxylic acids is 1. The molecule has 0 amide bonds. The van der Waals surface area contributed by atoms with Crippen LogP contribution < -0.4 is 5.32 Å². The van der Waals surface area contributed by atoms with Gasteiger partial charge in [0.15, 0.2) is 11.7 Å². The molecule has 0 aliphatic carbocycles. The topological polar surface area (TPSA) is 77.8 Å². The number of aliphatic imine (C=N–C) groups is 1. The minimum Gasteiger partial charge on any atom is -0.476 e. The molecule has 3 heterocycles. The van der Waals surface area contributed by atoms with Crippen molar-refractivity contribution in [1.82, 2.24) is 9.88 Å². The second-order valence-electron chi connectivity index (χ2n) is 7.26. The lowest BCUT2D eigenvalue weighted by molar-refractivity contribution is -0.133. The maximum absolute atomic E-state index is 14.5. The maximum atomic E-state index is 14.5. The number of nitrogens with zero attached hydrogens (tertiary/aromatic N) is 3. The van der Waals surface area contributed by atoms with Gasteiger partial charge in [-0.25, -0.2) is 19.2 Å². The molecule has 34 heavy (non-hydrogen) atoms.